The smallest absolute Gasteiger partial charge is 0.233 e. The van der Waals surface area contributed by atoms with E-state index in [4.69, 9.17) is 0 Å². The molecule has 6 heteroatoms. The summed E-state index contributed by atoms with van der Waals surface area (Å²) in [6, 6.07) is 2.66. The highest BCUT2D eigenvalue weighted by Gasteiger charge is 2.20. The van der Waals surface area contributed by atoms with Crippen molar-refractivity contribution in [2.24, 2.45) is 0 Å². The number of halogens is 1. The third kappa shape index (κ3) is 4.56. The minimum absolute atomic E-state index is 0.105. The van der Waals surface area contributed by atoms with Crippen molar-refractivity contribution in [3.63, 3.8) is 0 Å². The Kier molecular flexibility index (Phi) is 5.81. The van der Waals surface area contributed by atoms with E-state index in [-0.39, 0.29) is 5.91 Å². The molecule has 0 unspecified atom stereocenters. The summed E-state index contributed by atoms with van der Waals surface area (Å²) in [4.78, 5) is 14.9. The second kappa shape index (κ2) is 7.38. The fourth-order valence-corrected chi connectivity index (χ4v) is 3.71. The standard InChI is InChI=1S/C13H20BrN3OS/c1-15-13(18)9-17-5-2-10(3-6-17)16-8-12-11(14)4-7-19-12/h4,7,10,16H,2-3,5-6,8-9H2,1H3,(H,15,18). The zero-order chi connectivity index (χ0) is 13.7. The van der Waals surface area contributed by atoms with E-state index in [1.165, 1.54) is 9.35 Å². The summed E-state index contributed by atoms with van der Waals surface area (Å²) < 4.78 is 1.20. The van der Waals surface area contributed by atoms with E-state index in [1.54, 1.807) is 18.4 Å². The van der Waals surface area contributed by atoms with Crippen molar-refractivity contribution in [1.82, 2.24) is 15.5 Å². The van der Waals surface area contributed by atoms with Crippen LogP contribution in [0.4, 0.5) is 0 Å². The Bertz CT molecular complexity index is 416. The summed E-state index contributed by atoms with van der Waals surface area (Å²) in [5.41, 5.74) is 0. The molecule has 2 rings (SSSR count). The van der Waals surface area contributed by atoms with Gasteiger partial charge in [-0.3, -0.25) is 9.69 Å². The number of hydrogen-bond donors (Lipinski definition) is 2. The van der Waals surface area contributed by atoms with E-state index in [0.29, 0.717) is 12.6 Å². The molecule has 1 amide bonds. The third-order valence-electron chi connectivity index (χ3n) is 3.48. The largest absolute Gasteiger partial charge is 0.358 e. The second-order valence-electron chi connectivity index (χ2n) is 4.80. The SMILES string of the molecule is CNC(=O)CN1CCC(NCc2sccc2Br)CC1. The zero-order valence-corrected chi connectivity index (χ0v) is 13.5. The molecule has 2 heterocycles. The average molecular weight is 346 g/mol. The molecule has 0 aromatic carbocycles. The molecule has 1 aliphatic rings. The molecule has 0 radical (unpaired) electrons. The van der Waals surface area contributed by atoms with Crippen molar-refractivity contribution >= 4 is 33.2 Å². The number of likely N-dealkylation sites (tertiary alicyclic amines) is 1. The van der Waals surface area contributed by atoms with Crippen LogP contribution in [0.1, 0.15) is 17.7 Å². The maximum Gasteiger partial charge on any atom is 0.233 e. The minimum Gasteiger partial charge on any atom is -0.358 e. The van der Waals surface area contributed by atoms with Crippen molar-refractivity contribution in [3.8, 4) is 0 Å². The van der Waals surface area contributed by atoms with Gasteiger partial charge >= 0.3 is 0 Å². The highest BCUT2D eigenvalue weighted by molar-refractivity contribution is 9.10. The highest BCUT2D eigenvalue weighted by Crippen LogP contribution is 2.22. The predicted octanol–water partition coefficient (Wildman–Crippen LogP) is 1.81. The summed E-state index contributed by atoms with van der Waals surface area (Å²) in [5.74, 6) is 0.105. The van der Waals surface area contributed by atoms with Crippen LogP contribution >= 0.6 is 27.3 Å². The Morgan fingerprint density at radius 3 is 2.84 bits per heavy atom. The van der Waals surface area contributed by atoms with E-state index in [1.807, 2.05) is 0 Å². The molecule has 19 heavy (non-hydrogen) atoms. The molecule has 0 spiro atoms. The first-order valence-electron chi connectivity index (χ1n) is 6.57. The normalized spacial score (nSPS) is 17.6. The number of carbonyl (C=O) groups is 1. The van der Waals surface area contributed by atoms with E-state index in [9.17, 15) is 4.79 Å². The summed E-state index contributed by atoms with van der Waals surface area (Å²) in [5, 5.41) is 8.38. The number of carbonyl (C=O) groups excluding carboxylic acids is 1. The van der Waals surface area contributed by atoms with Gasteiger partial charge in [0, 0.05) is 42.1 Å². The van der Waals surface area contributed by atoms with Crippen molar-refractivity contribution in [2.45, 2.75) is 25.4 Å². The number of likely N-dealkylation sites (N-methyl/N-ethyl adjacent to an activating group) is 1. The van der Waals surface area contributed by atoms with Crippen LogP contribution in [0.2, 0.25) is 0 Å². The van der Waals surface area contributed by atoms with Gasteiger partial charge in [-0.1, -0.05) is 0 Å². The van der Waals surface area contributed by atoms with Crippen molar-refractivity contribution in [2.75, 3.05) is 26.7 Å². The number of nitrogens with one attached hydrogen (secondary N) is 2. The molecule has 1 aromatic rings. The Labute approximate surface area is 126 Å². The van der Waals surface area contributed by atoms with Crippen LogP contribution in [0.5, 0.6) is 0 Å². The first-order chi connectivity index (χ1) is 9.19. The lowest BCUT2D eigenvalue weighted by Crippen LogP contribution is -2.45. The Hall–Kier alpha value is -0.430. The Balaban J connectivity index is 1.69. The molecule has 1 aromatic heterocycles. The lowest BCUT2D eigenvalue weighted by atomic mass is 10.1. The van der Waals surface area contributed by atoms with Gasteiger partial charge in [0.05, 0.1) is 6.54 Å². The van der Waals surface area contributed by atoms with Crippen LogP contribution < -0.4 is 10.6 Å². The molecule has 0 aliphatic carbocycles. The molecule has 1 saturated heterocycles. The molecule has 4 nitrogen and oxygen atoms in total. The van der Waals surface area contributed by atoms with E-state index in [0.717, 1.165) is 32.5 Å². The monoisotopic (exact) mass is 345 g/mol. The van der Waals surface area contributed by atoms with Gasteiger partial charge in [-0.05, 0) is 40.2 Å². The summed E-state index contributed by atoms with van der Waals surface area (Å²) >= 11 is 5.33. The van der Waals surface area contributed by atoms with Crippen LogP contribution in [0.15, 0.2) is 15.9 Å². The predicted molar refractivity (Wildman–Crippen MR) is 82.4 cm³/mol. The molecule has 106 valence electrons. The maximum absolute atomic E-state index is 11.3. The van der Waals surface area contributed by atoms with Gasteiger partial charge in [0.1, 0.15) is 0 Å². The Morgan fingerprint density at radius 2 is 2.26 bits per heavy atom. The molecule has 2 N–H and O–H groups in total. The fourth-order valence-electron chi connectivity index (χ4n) is 2.27. The number of hydrogen-bond acceptors (Lipinski definition) is 4. The number of nitrogens with zero attached hydrogens (tertiary/aromatic N) is 1. The van der Waals surface area contributed by atoms with Gasteiger partial charge in [0.25, 0.3) is 0 Å². The summed E-state index contributed by atoms with van der Waals surface area (Å²) in [6.45, 7) is 3.45. The Morgan fingerprint density at radius 1 is 1.53 bits per heavy atom. The molecular weight excluding hydrogens is 326 g/mol. The fraction of sp³-hybridized carbons (Fsp3) is 0.615. The van der Waals surface area contributed by atoms with Crippen LogP contribution in [0.25, 0.3) is 0 Å². The zero-order valence-electron chi connectivity index (χ0n) is 11.1. The summed E-state index contributed by atoms with van der Waals surface area (Å²) in [7, 11) is 1.69. The molecule has 1 aliphatic heterocycles. The number of amides is 1. The lowest BCUT2D eigenvalue weighted by Gasteiger charge is -2.31. The van der Waals surface area contributed by atoms with Crippen molar-refractivity contribution in [1.29, 1.82) is 0 Å². The van der Waals surface area contributed by atoms with Crippen LogP contribution in [0.3, 0.4) is 0 Å². The maximum atomic E-state index is 11.3. The molecule has 0 atom stereocenters. The number of thiophene rings is 1. The van der Waals surface area contributed by atoms with Crippen molar-refractivity contribution in [3.05, 3.63) is 20.8 Å². The van der Waals surface area contributed by atoms with Gasteiger partial charge < -0.3 is 10.6 Å². The van der Waals surface area contributed by atoms with Crippen LogP contribution in [-0.4, -0.2) is 43.5 Å². The highest BCUT2D eigenvalue weighted by atomic mass is 79.9. The summed E-state index contributed by atoms with van der Waals surface area (Å²) in [6.07, 6.45) is 2.22. The van der Waals surface area contributed by atoms with Gasteiger partial charge in [0.2, 0.25) is 5.91 Å². The van der Waals surface area contributed by atoms with E-state index >= 15 is 0 Å². The van der Waals surface area contributed by atoms with Gasteiger partial charge in [-0.25, -0.2) is 0 Å². The molecule has 0 saturated carbocycles. The second-order valence-corrected chi connectivity index (χ2v) is 6.65. The number of rotatable bonds is 5. The molecule has 1 fully saturated rings. The lowest BCUT2D eigenvalue weighted by molar-refractivity contribution is -0.122. The van der Waals surface area contributed by atoms with E-state index in [2.05, 4.69) is 42.9 Å². The van der Waals surface area contributed by atoms with Gasteiger partial charge in [-0.2, -0.15) is 0 Å². The average Bonchev–Trinajstić information content (AvgIpc) is 2.83. The first-order valence-corrected chi connectivity index (χ1v) is 8.24. The topological polar surface area (TPSA) is 44.4 Å². The van der Waals surface area contributed by atoms with E-state index < -0.39 is 0 Å². The third-order valence-corrected chi connectivity index (χ3v) is 5.40. The minimum atomic E-state index is 0.105. The molecular formula is C13H20BrN3OS. The van der Waals surface area contributed by atoms with Gasteiger partial charge in [0.15, 0.2) is 0 Å². The number of piperidine rings is 1. The van der Waals surface area contributed by atoms with Crippen LogP contribution in [-0.2, 0) is 11.3 Å². The van der Waals surface area contributed by atoms with Gasteiger partial charge in [-0.15, -0.1) is 11.3 Å². The van der Waals surface area contributed by atoms with Crippen molar-refractivity contribution < 1.29 is 4.79 Å². The first kappa shape index (κ1) is 15.0. The molecule has 0 bridgehead atoms. The van der Waals surface area contributed by atoms with Crippen LogP contribution in [0, 0.1) is 0 Å². The quantitative estimate of drug-likeness (QED) is 0.855.